The summed E-state index contributed by atoms with van der Waals surface area (Å²) in [5.41, 5.74) is 2.40. The first-order valence-electron chi connectivity index (χ1n) is 10.6. The minimum absolute atomic E-state index is 0.0660. The summed E-state index contributed by atoms with van der Waals surface area (Å²) >= 11 is 0. The van der Waals surface area contributed by atoms with Gasteiger partial charge in [0.05, 0.1) is 16.8 Å². The van der Waals surface area contributed by atoms with Crippen molar-refractivity contribution in [2.75, 3.05) is 27.1 Å². The van der Waals surface area contributed by atoms with Gasteiger partial charge in [-0.25, -0.2) is 16.8 Å². The van der Waals surface area contributed by atoms with E-state index in [4.69, 9.17) is 0 Å². The third-order valence-corrected chi connectivity index (χ3v) is 7.52. The molecular weight excluding hydrogens is 474 g/mol. The smallest absolute Gasteiger partial charge is 0.261 e. The first kappa shape index (κ1) is 25.3. The zero-order valence-corrected chi connectivity index (χ0v) is 20.6. The predicted octanol–water partition coefficient (Wildman–Crippen LogP) is 3.98. The fourth-order valence-electron chi connectivity index (χ4n) is 3.31. The van der Waals surface area contributed by atoms with Gasteiger partial charge in [0.15, 0.2) is 0 Å². The van der Waals surface area contributed by atoms with Crippen molar-refractivity contribution in [2.24, 2.45) is 0 Å². The van der Waals surface area contributed by atoms with Gasteiger partial charge in [0.25, 0.3) is 10.0 Å². The highest BCUT2D eigenvalue weighted by Crippen LogP contribution is 2.21. The van der Waals surface area contributed by atoms with Gasteiger partial charge in [0.2, 0.25) is 15.9 Å². The highest BCUT2D eigenvalue weighted by atomic mass is 32.2. The first-order valence-corrected chi connectivity index (χ1v) is 13.9. The van der Waals surface area contributed by atoms with Crippen molar-refractivity contribution >= 4 is 43.0 Å². The quantitative estimate of drug-likeness (QED) is 0.436. The van der Waals surface area contributed by atoms with Gasteiger partial charge >= 0.3 is 0 Å². The van der Waals surface area contributed by atoms with Crippen LogP contribution in [0.2, 0.25) is 0 Å². The fraction of sp³-hybridized carbons (Fsp3) is 0.208. The van der Waals surface area contributed by atoms with E-state index < -0.39 is 20.0 Å². The lowest BCUT2D eigenvalue weighted by atomic mass is 10.2. The lowest BCUT2D eigenvalue weighted by Gasteiger charge is -2.22. The lowest BCUT2D eigenvalue weighted by Crippen LogP contribution is -2.31. The highest BCUT2D eigenvalue weighted by molar-refractivity contribution is 7.92. The van der Waals surface area contributed by atoms with Crippen LogP contribution >= 0.6 is 0 Å². The SMILES string of the molecule is Cc1cccc(N(CCCC(=O)Nc2ccc(S(=O)(=O)Nc3ccccc3)cc2)S(C)(=O)=O)c1. The molecule has 0 spiro atoms. The molecule has 0 aromatic heterocycles. The van der Waals surface area contributed by atoms with E-state index in [1.807, 2.05) is 13.0 Å². The van der Waals surface area contributed by atoms with Crippen LogP contribution in [0.4, 0.5) is 17.1 Å². The zero-order valence-electron chi connectivity index (χ0n) is 18.9. The monoisotopic (exact) mass is 501 g/mol. The Hall–Kier alpha value is -3.37. The molecule has 2 N–H and O–H groups in total. The summed E-state index contributed by atoms with van der Waals surface area (Å²) < 4.78 is 53.2. The van der Waals surface area contributed by atoms with Crippen LogP contribution in [0.5, 0.6) is 0 Å². The Kier molecular flexibility index (Phi) is 7.95. The molecule has 3 aromatic rings. The molecule has 0 aliphatic heterocycles. The number of hydrogen-bond donors (Lipinski definition) is 2. The molecule has 0 atom stereocenters. The average Bonchev–Trinajstić information content (AvgIpc) is 2.76. The Morgan fingerprint density at radius 1 is 0.853 bits per heavy atom. The van der Waals surface area contributed by atoms with Gasteiger partial charge in [-0.1, -0.05) is 30.3 Å². The van der Waals surface area contributed by atoms with Gasteiger partial charge in [-0.2, -0.15) is 0 Å². The van der Waals surface area contributed by atoms with Gasteiger partial charge in [-0.05, 0) is 67.4 Å². The van der Waals surface area contributed by atoms with Crippen LogP contribution < -0.4 is 14.3 Å². The standard InChI is InChI=1S/C24H27N3O5S2/c1-19-8-6-11-22(18-19)27(33(2,29)30)17-7-12-24(28)25-20-13-15-23(16-14-20)34(31,32)26-21-9-4-3-5-10-21/h3-6,8-11,13-16,18,26H,7,12,17H2,1-2H3,(H,25,28). The van der Waals surface area contributed by atoms with Crippen molar-refractivity contribution in [1.82, 2.24) is 0 Å². The maximum absolute atomic E-state index is 12.5. The second kappa shape index (κ2) is 10.7. The Labute approximate surface area is 200 Å². The number of aryl methyl sites for hydroxylation is 1. The number of nitrogens with zero attached hydrogens (tertiary/aromatic N) is 1. The molecule has 0 aliphatic rings. The molecule has 0 saturated carbocycles. The Morgan fingerprint density at radius 2 is 1.53 bits per heavy atom. The Balaban J connectivity index is 1.56. The van der Waals surface area contributed by atoms with Crippen molar-refractivity contribution in [3.05, 3.63) is 84.4 Å². The molecule has 10 heteroatoms. The van der Waals surface area contributed by atoms with Crippen molar-refractivity contribution in [3.8, 4) is 0 Å². The molecule has 0 unspecified atom stereocenters. The summed E-state index contributed by atoms with van der Waals surface area (Å²) in [6.45, 7) is 2.05. The molecule has 0 aliphatic carbocycles. The second-order valence-electron chi connectivity index (χ2n) is 7.82. The number of hydrogen-bond acceptors (Lipinski definition) is 5. The molecule has 3 aromatic carbocycles. The molecule has 0 radical (unpaired) electrons. The number of amides is 1. The van der Waals surface area contributed by atoms with Crippen LogP contribution in [0.1, 0.15) is 18.4 Å². The minimum Gasteiger partial charge on any atom is -0.326 e. The van der Waals surface area contributed by atoms with E-state index in [0.29, 0.717) is 23.5 Å². The van der Waals surface area contributed by atoms with E-state index in [0.717, 1.165) is 11.8 Å². The number of para-hydroxylation sites is 1. The number of nitrogens with one attached hydrogen (secondary N) is 2. The number of anilines is 3. The normalized spacial score (nSPS) is 11.6. The van der Waals surface area contributed by atoms with Gasteiger partial charge in [0.1, 0.15) is 0 Å². The van der Waals surface area contributed by atoms with Crippen LogP contribution in [0, 0.1) is 6.92 Å². The number of benzene rings is 3. The molecular formula is C24H27N3O5S2. The van der Waals surface area contributed by atoms with E-state index in [-0.39, 0.29) is 23.8 Å². The number of carbonyl (C=O) groups excluding carboxylic acids is 1. The third-order valence-electron chi connectivity index (χ3n) is 4.93. The second-order valence-corrected chi connectivity index (χ2v) is 11.4. The zero-order chi connectivity index (χ0) is 24.8. The number of sulfonamides is 2. The Morgan fingerprint density at radius 3 is 2.15 bits per heavy atom. The summed E-state index contributed by atoms with van der Waals surface area (Å²) in [6.07, 6.45) is 1.56. The molecule has 34 heavy (non-hydrogen) atoms. The van der Waals surface area contributed by atoms with Gasteiger partial charge in [0, 0.05) is 24.3 Å². The minimum atomic E-state index is -3.75. The number of carbonyl (C=O) groups is 1. The van der Waals surface area contributed by atoms with Crippen molar-refractivity contribution < 1.29 is 21.6 Å². The van der Waals surface area contributed by atoms with E-state index in [9.17, 15) is 21.6 Å². The maximum Gasteiger partial charge on any atom is 0.261 e. The van der Waals surface area contributed by atoms with E-state index >= 15 is 0 Å². The van der Waals surface area contributed by atoms with Crippen molar-refractivity contribution in [1.29, 1.82) is 0 Å². The van der Waals surface area contributed by atoms with Gasteiger partial charge in [-0.3, -0.25) is 13.8 Å². The molecule has 0 saturated heterocycles. The first-order chi connectivity index (χ1) is 16.0. The topological polar surface area (TPSA) is 113 Å². The van der Waals surface area contributed by atoms with Crippen LogP contribution in [-0.4, -0.2) is 35.5 Å². The molecule has 0 fully saturated rings. The fourth-order valence-corrected chi connectivity index (χ4v) is 5.33. The van der Waals surface area contributed by atoms with Gasteiger partial charge < -0.3 is 5.32 Å². The highest BCUT2D eigenvalue weighted by Gasteiger charge is 2.18. The van der Waals surface area contributed by atoms with E-state index in [1.54, 1.807) is 48.5 Å². The summed E-state index contributed by atoms with van der Waals surface area (Å²) in [5, 5.41) is 2.71. The lowest BCUT2D eigenvalue weighted by molar-refractivity contribution is -0.116. The maximum atomic E-state index is 12.5. The van der Waals surface area contributed by atoms with Crippen LogP contribution in [0.15, 0.2) is 83.8 Å². The third kappa shape index (κ3) is 7.06. The largest absolute Gasteiger partial charge is 0.326 e. The predicted molar refractivity (Wildman–Crippen MR) is 135 cm³/mol. The van der Waals surface area contributed by atoms with Crippen molar-refractivity contribution in [3.63, 3.8) is 0 Å². The summed E-state index contributed by atoms with van der Waals surface area (Å²) in [5.74, 6) is -0.296. The summed E-state index contributed by atoms with van der Waals surface area (Å²) in [7, 11) is -7.25. The van der Waals surface area contributed by atoms with E-state index in [1.165, 1.54) is 28.6 Å². The van der Waals surface area contributed by atoms with Crippen LogP contribution in [-0.2, 0) is 24.8 Å². The Bertz CT molecular complexity index is 1340. The molecule has 3 rings (SSSR count). The van der Waals surface area contributed by atoms with Crippen LogP contribution in [0.25, 0.3) is 0 Å². The van der Waals surface area contributed by atoms with Crippen molar-refractivity contribution in [2.45, 2.75) is 24.7 Å². The molecule has 180 valence electrons. The molecule has 0 heterocycles. The summed E-state index contributed by atoms with van der Waals surface area (Å²) in [6, 6.07) is 21.5. The molecule has 0 bridgehead atoms. The van der Waals surface area contributed by atoms with Crippen LogP contribution in [0.3, 0.4) is 0 Å². The average molecular weight is 502 g/mol. The molecule has 1 amide bonds. The van der Waals surface area contributed by atoms with E-state index in [2.05, 4.69) is 10.0 Å². The summed E-state index contributed by atoms with van der Waals surface area (Å²) in [4.78, 5) is 12.4. The van der Waals surface area contributed by atoms with Gasteiger partial charge in [-0.15, -0.1) is 0 Å². The molecule has 8 nitrogen and oxygen atoms in total. The number of rotatable bonds is 10.